The first-order chi connectivity index (χ1) is 20.1. The van der Waals surface area contributed by atoms with Crippen LogP contribution in [0.4, 0.5) is 0 Å². The molecule has 0 aliphatic carbocycles. The van der Waals surface area contributed by atoms with Gasteiger partial charge in [0, 0.05) is 0 Å². The molecule has 3 aliphatic rings. The molecule has 2 aromatic heterocycles. The lowest BCUT2D eigenvalue weighted by molar-refractivity contribution is -0.0662. The fourth-order valence-electron chi connectivity index (χ4n) is 5.49. The van der Waals surface area contributed by atoms with Crippen molar-refractivity contribution in [1.29, 1.82) is 0 Å². The number of ether oxygens (including phenoxy) is 2. The molecule has 0 amide bonds. The monoisotopic (exact) mass is 624 g/mol. The molecule has 224 valence electrons. The number of benzene rings is 2. The number of hydrogen-bond donors (Lipinski definition) is 4. The molecular weight excluding hydrogens is 598 g/mol. The average molecular weight is 624 g/mol. The lowest BCUT2D eigenvalue weighted by Gasteiger charge is -2.27. The highest BCUT2D eigenvalue weighted by Gasteiger charge is 2.53. The molecule has 42 heavy (non-hydrogen) atoms. The van der Waals surface area contributed by atoms with E-state index in [1.165, 1.54) is 21.8 Å². The fourth-order valence-corrected chi connectivity index (χ4v) is 7.42. The molecule has 6 unspecified atom stereocenters. The molecule has 0 bridgehead atoms. The van der Waals surface area contributed by atoms with Gasteiger partial charge in [-0.25, -0.2) is 19.1 Å². The number of imidazole rings is 2. The van der Waals surface area contributed by atoms with Crippen LogP contribution < -0.4 is 0 Å². The molecule has 2 aromatic carbocycles. The van der Waals surface area contributed by atoms with E-state index in [4.69, 9.17) is 27.6 Å². The van der Waals surface area contributed by atoms with Crippen molar-refractivity contribution in [1.82, 2.24) is 19.1 Å². The minimum atomic E-state index is -4.91. The lowest BCUT2D eigenvalue weighted by Crippen LogP contribution is -2.39. The highest BCUT2D eigenvalue weighted by Crippen LogP contribution is 2.53. The summed E-state index contributed by atoms with van der Waals surface area (Å²) in [6.07, 6.45) is -8.25. The van der Waals surface area contributed by atoms with Gasteiger partial charge in [-0.2, -0.15) is 0 Å². The van der Waals surface area contributed by atoms with Crippen LogP contribution in [0.5, 0.6) is 0 Å². The van der Waals surface area contributed by atoms with E-state index in [-0.39, 0.29) is 0 Å². The first kappa shape index (κ1) is 28.2. The molecule has 3 aliphatic heterocycles. The Bertz CT molecular complexity index is 1590. The molecular formula is C24H26N4O12P2. The second kappa shape index (κ2) is 10.6. The smallest absolute Gasteiger partial charge is 0.386 e. The van der Waals surface area contributed by atoms with Crippen molar-refractivity contribution in [2.45, 2.75) is 49.1 Å². The van der Waals surface area contributed by atoms with E-state index in [0.29, 0.717) is 22.1 Å². The minimum absolute atomic E-state index is 0.596. The number of hydrogen-bond acceptors (Lipinski definition) is 12. The number of aromatic nitrogens is 4. The molecule has 0 saturated carbocycles. The second-order valence-corrected chi connectivity index (χ2v) is 12.9. The topological polar surface area (TPSA) is 206 Å². The number of phosphoric acid groups is 2. The Kier molecular flexibility index (Phi) is 7.09. The van der Waals surface area contributed by atoms with Crippen molar-refractivity contribution < 1.29 is 56.7 Å². The Labute approximate surface area is 237 Å². The Hall–Kier alpha value is -2.56. The molecule has 18 heteroatoms. The Morgan fingerprint density at radius 1 is 0.690 bits per heavy atom. The standard InChI is InChI=1S/C24H26N4O12P2/c29-19-21-17(37-23(19)27-11-25-13-5-1-3-7-15(13)27)9-35-42(33,34)40-22-18(10-36-41(31,32)39-21)38-24(20(22)30)28-12-26-14-6-2-4-8-16(14)28/h1-8,11-12,17-24,29-30H,9-10H2,(H,31,32)(H,33,34)/t17-,18-,19?,20?,21?,22?,23-,24-/m1/s1. The number of para-hydroxylation sites is 4. The number of aliphatic hydroxyl groups excluding tert-OH is 2. The quantitative estimate of drug-likeness (QED) is 0.234. The van der Waals surface area contributed by atoms with Crippen LogP contribution in [0.25, 0.3) is 22.1 Å². The van der Waals surface area contributed by atoms with Crippen molar-refractivity contribution in [2.24, 2.45) is 0 Å². The van der Waals surface area contributed by atoms with Crippen LogP contribution in [0, 0.1) is 0 Å². The number of nitrogens with zero attached hydrogens (tertiary/aromatic N) is 4. The van der Waals surface area contributed by atoms with Crippen LogP contribution >= 0.6 is 15.6 Å². The van der Waals surface area contributed by atoms with Gasteiger partial charge in [0.2, 0.25) is 0 Å². The maximum Gasteiger partial charge on any atom is 0.472 e. The molecule has 3 fully saturated rings. The van der Waals surface area contributed by atoms with E-state index in [2.05, 4.69) is 9.97 Å². The van der Waals surface area contributed by atoms with Gasteiger partial charge in [-0.15, -0.1) is 0 Å². The molecule has 0 spiro atoms. The third-order valence-electron chi connectivity index (χ3n) is 7.44. The molecule has 4 N–H and O–H groups in total. The number of phosphoric ester groups is 2. The molecule has 10 atom stereocenters. The average Bonchev–Trinajstić information content (AvgIpc) is 3.71. The number of rotatable bonds is 2. The predicted molar refractivity (Wildman–Crippen MR) is 141 cm³/mol. The number of aliphatic hydroxyl groups is 2. The minimum Gasteiger partial charge on any atom is -0.386 e. The van der Waals surface area contributed by atoms with E-state index in [1.54, 1.807) is 48.5 Å². The summed E-state index contributed by atoms with van der Waals surface area (Å²) in [5.74, 6) is 0. The summed E-state index contributed by atoms with van der Waals surface area (Å²) in [5, 5.41) is 22.2. The van der Waals surface area contributed by atoms with Crippen LogP contribution in [0.3, 0.4) is 0 Å². The zero-order chi connectivity index (χ0) is 29.2. The van der Waals surface area contributed by atoms with Crippen LogP contribution in [0.1, 0.15) is 12.5 Å². The maximum absolute atomic E-state index is 13.1. The molecule has 7 rings (SSSR count). The van der Waals surface area contributed by atoms with Crippen molar-refractivity contribution in [3.63, 3.8) is 0 Å². The van der Waals surface area contributed by atoms with E-state index in [0.717, 1.165) is 0 Å². The molecule has 16 nitrogen and oxygen atoms in total. The van der Waals surface area contributed by atoms with E-state index >= 15 is 0 Å². The van der Waals surface area contributed by atoms with Crippen LogP contribution in [-0.4, -0.2) is 88.9 Å². The van der Waals surface area contributed by atoms with Gasteiger partial charge >= 0.3 is 15.6 Å². The van der Waals surface area contributed by atoms with Gasteiger partial charge in [-0.3, -0.25) is 18.1 Å². The van der Waals surface area contributed by atoms with Crippen molar-refractivity contribution >= 4 is 37.7 Å². The number of fused-ring (bicyclic) bond motifs is 4. The van der Waals surface area contributed by atoms with Gasteiger partial charge in [-0.1, -0.05) is 24.3 Å². The van der Waals surface area contributed by atoms with E-state index in [1.807, 2.05) is 0 Å². The summed E-state index contributed by atoms with van der Waals surface area (Å²) in [6.45, 7) is -1.38. The SMILES string of the molecule is O=P1(O)OC[C@H]2O[C@@H](n3cnc4ccccc43)C(O)C2OP(=O)(O)OC[C@H]2O[C@@H](n3cnc4ccccc43)C(O)C2O1. The zero-order valence-corrected chi connectivity index (χ0v) is 23.3. The summed E-state index contributed by atoms with van der Waals surface area (Å²) in [5.41, 5.74) is 2.40. The van der Waals surface area contributed by atoms with Gasteiger partial charge in [0.15, 0.2) is 12.5 Å². The van der Waals surface area contributed by atoms with Crippen LogP contribution in [0.15, 0.2) is 61.2 Å². The summed E-state index contributed by atoms with van der Waals surface area (Å²) >= 11 is 0. The first-order valence-corrected chi connectivity index (χ1v) is 15.9. The maximum atomic E-state index is 13.1. The third-order valence-corrected chi connectivity index (χ3v) is 9.41. The lowest BCUT2D eigenvalue weighted by atomic mass is 10.1. The van der Waals surface area contributed by atoms with Gasteiger partial charge < -0.3 is 38.6 Å². The van der Waals surface area contributed by atoms with Crippen molar-refractivity contribution in [3.8, 4) is 0 Å². The Balaban J connectivity index is 1.16. The summed E-state index contributed by atoms with van der Waals surface area (Å²) in [4.78, 5) is 29.7. The predicted octanol–water partition coefficient (Wildman–Crippen LogP) is 1.62. The molecule has 3 saturated heterocycles. The van der Waals surface area contributed by atoms with E-state index in [9.17, 15) is 29.1 Å². The summed E-state index contributed by atoms with van der Waals surface area (Å²) in [7, 11) is -9.81. The molecule has 0 radical (unpaired) electrons. The third kappa shape index (κ3) is 5.03. The zero-order valence-electron chi connectivity index (χ0n) is 21.5. The van der Waals surface area contributed by atoms with Crippen LogP contribution in [-0.2, 0) is 36.7 Å². The van der Waals surface area contributed by atoms with Gasteiger partial charge in [0.05, 0.1) is 47.9 Å². The largest absolute Gasteiger partial charge is 0.472 e. The fraction of sp³-hybridized carbons (Fsp3) is 0.417. The summed E-state index contributed by atoms with van der Waals surface area (Å²) in [6, 6.07) is 14.1. The van der Waals surface area contributed by atoms with Crippen molar-refractivity contribution in [3.05, 3.63) is 61.2 Å². The van der Waals surface area contributed by atoms with Crippen LogP contribution in [0.2, 0.25) is 0 Å². The highest BCUT2D eigenvalue weighted by molar-refractivity contribution is 7.47. The first-order valence-electron chi connectivity index (χ1n) is 12.9. The van der Waals surface area contributed by atoms with Crippen molar-refractivity contribution in [2.75, 3.05) is 13.2 Å². The Morgan fingerprint density at radius 2 is 1.10 bits per heavy atom. The highest BCUT2D eigenvalue weighted by atomic mass is 31.2. The Morgan fingerprint density at radius 3 is 1.52 bits per heavy atom. The molecule has 5 heterocycles. The van der Waals surface area contributed by atoms with Gasteiger partial charge in [0.25, 0.3) is 0 Å². The van der Waals surface area contributed by atoms with E-state index < -0.39 is 77.9 Å². The van der Waals surface area contributed by atoms with Gasteiger partial charge in [-0.05, 0) is 24.3 Å². The molecule has 4 aromatic rings. The normalized spacial score (nSPS) is 39.5. The second-order valence-electron chi connectivity index (χ2n) is 10.1. The summed E-state index contributed by atoms with van der Waals surface area (Å²) < 4.78 is 62.0. The van der Waals surface area contributed by atoms with Gasteiger partial charge in [0.1, 0.15) is 36.6 Å².